The van der Waals surface area contributed by atoms with Crippen LogP contribution in [-0.4, -0.2) is 33.2 Å². The Balaban J connectivity index is 1.71. The Bertz CT molecular complexity index is 664. The molecule has 2 aromatic rings. The average Bonchev–Trinajstić information content (AvgIpc) is 3.26. The second-order valence-electron chi connectivity index (χ2n) is 5.63. The van der Waals surface area contributed by atoms with Crippen LogP contribution in [0.4, 0.5) is 5.69 Å². The number of hydrogen-bond donors (Lipinski definition) is 1. The summed E-state index contributed by atoms with van der Waals surface area (Å²) in [6.07, 6.45) is 7.16. The molecule has 0 spiro atoms. The van der Waals surface area contributed by atoms with Crippen molar-refractivity contribution >= 4 is 11.6 Å². The van der Waals surface area contributed by atoms with E-state index >= 15 is 0 Å². The Morgan fingerprint density at radius 1 is 1.45 bits per heavy atom. The number of carbonyl (C=O) groups is 1. The minimum Gasteiger partial charge on any atom is -0.368 e. The SMILES string of the molecule is Cc1nccn1-c1ncccc1NC(=O)C(C)OCC1CC1. The lowest BCUT2D eigenvalue weighted by Crippen LogP contribution is -2.29. The first-order chi connectivity index (χ1) is 10.6. The number of ether oxygens (including phenoxy) is 1. The molecule has 2 aromatic heterocycles. The molecule has 1 N–H and O–H groups in total. The Labute approximate surface area is 129 Å². The van der Waals surface area contributed by atoms with Crippen LogP contribution >= 0.6 is 0 Å². The number of rotatable bonds is 6. The van der Waals surface area contributed by atoms with Crippen LogP contribution in [0, 0.1) is 12.8 Å². The van der Waals surface area contributed by atoms with Crippen LogP contribution < -0.4 is 5.32 Å². The van der Waals surface area contributed by atoms with Crippen LogP contribution in [0.1, 0.15) is 25.6 Å². The van der Waals surface area contributed by atoms with E-state index in [1.165, 1.54) is 12.8 Å². The number of aryl methyl sites for hydroxylation is 1. The number of nitrogens with one attached hydrogen (secondary N) is 1. The van der Waals surface area contributed by atoms with Crippen molar-refractivity contribution < 1.29 is 9.53 Å². The van der Waals surface area contributed by atoms with Crippen molar-refractivity contribution in [3.8, 4) is 5.82 Å². The summed E-state index contributed by atoms with van der Waals surface area (Å²) in [5.74, 6) is 1.94. The number of anilines is 1. The minimum absolute atomic E-state index is 0.160. The van der Waals surface area contributed by atoms with Crippen molar-refractivity contribution in [3.63, 3.8) is 0 Å². The molecule has 1 atom stereocenters. The quantitative estimate of drug-likeness (QED) is 0.889. The molecular weight excluding hydrogens is 280 g/mol. The smallest absolute Gasteiger partial charge is 0.253 e. The molecule has 0 aliphatic heterocycles. The molecule has 1 unspecified atom stereocenters. The fraction of sp³-hybridized carbons (Fsp3) is 0.438. The van der Waals surface area contributed by atoms with E-state index in [2.05, 4.69) is 15.3 Å². The zero-order chi connectivity index (χ0) is 15.5. The molecule has 3 rings (SSSR count). The lowest BCUT2D eigenvalue weighted by molar-refractivity contribution is -0.126. The predicted octanol–water partition coefficient (Wildman–Crippen LogP) is 2.33. The number of hydrogen-bond acceptors (Lipinski definition) is 4. The monoisotopic (exact) mass is 300 g/mol. The number of pyridine rings is 1. The van der Waals surface area contributed by atoms with Gasteiger partial charge in [-0.3, -0.25) is 9.36 Å². The van der Waals surface area contributed by atoms with Crippen molar-refractivity contribution in [2.24, 2.45) is 5.92 Å². The van der Waals surface area contributed by atoms with Crippen LogP contribution in [0.15, 0.2) is 30.7 Å². The van der Waals surface area contributed by atoms with E-state index < -0.39 is 6.10 Å². The summed E-state index contributed by atoms with van der Waals surface area (Å²) >= 11 is 0. The van der Waals surface area contributed by atoms with E-state index in [-0.39, 0.29) is 5.91 Å². The zero-order valence-electron chi connectivity index (χ0n) is 12.8. The second-order valence-corrected chi connectivity index (χ2v) is 5.63. The Morgan fingerprint density at radius 3 is 2.95 bits per heavy atom. The third-order valence-corrected chi connectivity index (χ3v) is 3.75. The van der Waals surface area contributed by atoms with Gasteiger partial charge in [-0.1, -0.05) is 0 Å². The Hall–Kier alpha value is -2.21. The van der Waals surface area contributed by atoms with Crippen LogP contribution in [0.3, 0.4) is 0 Å². The van der Waals surface area contributed by atoms with Gasteiger partial charge in [0.05, 0.1) is 12.3 Å². The normalized spacial score (nSPS) is 15.5. The van der Waals surface area contributed by atoms with E-state index in [4.69, 9.17) is 4.74 Å². The van der Waals surface area contributed by atoms with Gasteiger partial charge < -0.3 is 10.1 Å². The molecular formula is C16H20N4O2. The summed E-state index contributed by atoms with van der Waals surface area (Å²) in [5.41, 5.74) is 0.649. The molecule has 6 heteroatoms. The molecule has 0 bridgehead atoms. The molecule has 2 heterocycles. The molecule has 1 fully saturated rings. The topological polar surface area (TPSA) is 69.0 Å². The first-order valence-electron chi connectivity index (χ1n) is 7.53. The molecule has 0 radical (unpaired) electrons. The Morgan fingerprint density at radius 2 is 2.27 bits per heavy atom. The number of imidazole rings is 1. The molecule has 1 amide bonds. The van der Waals surface area contributed by atoms with Gasteiger partial charge in [0.15, 0.2) is 5.82 Å². The van der Waals surface area contributed by atoms with E-state index in [0.29, 0.717) is 24.0 Å². The molecule has 1 aliphatic rings. The third-order valence-electron chi connectivity index (χ3n) is 3.75. The van der Waals surface area contributed by atoms with Crippen molar-refractivity contribution in [1.29, 1.82) is 0 Å². The summed E-state index contributed by atoms with van der Waals surface area (Å²) in [5, 5.41) is 2.89. The van der Waals surface area contributed by atoms with Crippen molar-refractivity contribution in [2.75, 3.05) is 11.9 Å². The van der Waals surface area contributed by atoms with Crippen LogP contribution in [0.25, 0.3) is 5.82 Å². The standard InChI is InChI=1S/C16H20N4O2/c1-11(22-10-13-5-6-13)16(21)19-14-4-3-7-18-15(14)20-9-8-17-12(20)2/h3-4,7-9,11,13H,5-6,10H2,1-2H3,(H,19,21). The molecule has 22 heavy (non-hydrogen) atoms. The van der Waals surface area contributed by atoms with Crippen molar-refractivity contribution in [3.05, 3.63) is 36.5 Å². The Kier molecular flexibility index (Phi) is 4.20. The second kappa shape index (κ2) is 6.27. The highest BCUT2D eigenvalue weighted by Gasteiger charge is 2.24. The fourth-order valence-corrected chi connectivity index (χ4v) is 2.16. The van der Waals surface area contributed by atoms with Crippen molar-refractivity contribution in [2.45, 2.75) is 32.8 Å². The van der Waals surface area contributed by atoms with Gasteiger partial charge in [-0.15, -0.1) is 0 Å². The zero-order valence-corrected chi connectivity index (χ0v) is 12.8. The first kappa shape index (κ1) is 14.7. The summed E-state index contributed by atoms with van der Waals surface area (Å²) < 4.78 is 7.44. The number of carbonyl (C=O) groups excluding carboxylic acids is 1. The van der Waals surface area contributed by atoms with Crippen LogP contribution in [-0.2, 0) is 9.53 Å². The van der Waals surface area contributed by atoms with Crippen molar-refractivity contribution in [1.82, 2.24) is 14.5 Å². The van der Waals surface area contributed by atoms with Gasteiger partial charge in [0.1, 0.15) is 11.9 Å². The van der Waals surface area contributed by atoms with Gasteiger partial charge in [-0.2, -0.15) is 0 Å². The maximum Gasteiger partial charge on any atom is 0.253 e. The maximum atomic E-state index is 12.3. The molecule has 116 valence electrons. The van der Waals surface area contributed by atoms with Gasteiger partial charge >= 0.3 is 0 Å². The van der Waals surface area contributed by atoms with E-state index in [0.717, 1.165) is 5.82 Å². The summed E-state index contributed by atoms with van der Waals surface area (Å²) in [7, 11) is 0. The fourth-order valence-electron chi connectivity index (χ4n) is 2.16. The highest BCUT2D eigenvalue weighted by molar-refractivity contribution is 5.95. The van der Waals surface area contributed by atoms with E-state index in [9.17, 15) is 4.79 Å². The lowest BCUT2D eigenvalue weighted by Gasteiger charge is -2.15. The van der Waals surface area contributed by atoms with Crippen LogP contribution in [0.2, 0.25) is 0 Å². The van der Waals surface area contributed by atoms with Gasteiger partial charge in [0, 0.05) is 18.6 Å². The largest absolute Gasteiger partial charge is 0.368 e. The summed E-state index contributed by atoms with van der Waals surface area (Å²) in [6.45, 7) is 4.33. The lowest BCUT2D eigenvalue weighted by atomic mass is 10.3. The molecule has 0 saturated heterocycles. The van der Waals surface area contributed by atoms with Gasteiger partial charge in [0.2, 0.25) is 0 Å². The average molecular weight is 300 g/mol. The number of aromatic nitrogens is 3. The molecule has 1 saturated carbocycles. The van der Waals surface area contributed by atoms with E-state index in [1.807, 2.05) is 23.8 Å². The first-order valence-corrected chi connectivity index (χ1v) is 7.53. The summed E-state index contributed by atoms with van der Waals surface area (Å²) in [4.78, 5) is 20.8. The number of nitrogens with zero attached hydrogens (tertiary/aromatic N) is 3. The minimum atomic E-state index is -0.474. The highest BCUT2D eigenvalue weighted by atomic mass is 16.5. The van der Waals surface area contributed by atoms with E-state index in [1.54, 1.807) is 25.4 Å². The maximum absolute atomic E-state index is 12.3. The highest BCUT2D eigenvalue weighted by Crippen LogP contribution is 2.29. The summed E-state index contributed by atoms with van der Waals surface area (Å²) in [6, 6.07) is 3.62. The molecule has 0 aromatic carbocycles. The van der Waals surface area contributed by atoms with Gasteiger partial charge in [-0.05, 0) is 44.7 Å². The van der Waals surface area contributed by atoms with Crippen LogP contribution in [0.5, 0.6) is 0 Å². The number of amides is 1. The van der Waals surface area contributed by atoms with Gasteiger partial charge in [0.25, 0.3) is 5.91 Å². The van der Waals surface area contributed by atoms with Gasteiger partial charge in [-0.25, -0.2) is 9.97 Å². The molecule has 1 aliphatic carbocycles. The molecule has 6 nitrogen and oxygen atoms in total. The predicted molar refractivity (Wildman–Crippen MR) is 82.9 cm³/mol. The third kappa shape index (κ3) is 3.33.